The summed E-state index contributed by atoms with van der Waals surface area (Å²) in [6, 6.07) is 10.9. The zero-order valence-corrected chi connectivity index (χ0v) is 19.7. The van der Waals surface area contributed by atoms with Crippen LogP contribution < -0.4 is 15.4 Å². The lowest BCUT2D eigenvalue weighted by Crippen LogP contribution is -2.20. The Morgan fingerprint density at radius 3 is 2.24 bits per heavy atom. The number of hydrogen-bond acceptors (Lipinski definition) is 4. The lowest BCUT2D eigenvalue weighted by atomic mass is 10.1. The summed E-state index contributed by atoms with van der Waals surface area (Å²) < 4.78 is 46.4. The van der Waals surface area contributed by atoms with Gasteiger partial charge in [-0.1, -0.05) is 6.07 Å². The molecule has 0 fully saturated rings. The van der Waals surface area contributed by atoms with Crippen molar-refractivity contribution in [2.24, 2.45) is 0 Å². The average molecular weight is 490 g/mol. The van der Waals surface area contributed by atoms with E-state index in [0.29, 0.717) is 22.7 Å². The van der Waals surface area contributed by atoms with Gasteiger partial charge in [-0.25, -0.2) is 4.79 Å². The first-order valence-electron chi connectivity index (χ1n) is 9.97. The second-order valence-corrected chi connectivity index (χ2v) is 8.26. The van der Waals surface area contributed by atoms with Crippen LogP contribution in [0.15, 0.2) is 54.7 Å². The zero-order chi connectivity index (χ0) is 25.0. The number of benzene rings is 2. The minimum absolute atomic E-state index is 0.0197. The molecule has 0 aliphatic rings. The van der Waals surface area contributed by atoms with E-state index >= 15 is 0 Å². The molecule has 3 amide bonds. The summed E-state index contributed by atoms with van der Waals surface area (Å²) in [5.41, 5.74) is 0.587. The first-order valence-corrected chi connectivity index (χ1v) is 10.5. The maximum atomic E-state index is 13.1. The molecule has 3 aromatic rings. The number of alkyl halides is 3. The molecule has 0 saturated heterocycles. The number of anilines is 2. The molecule has 34 heavy (non-hydrogen) atoms. The Morgan fingerprint density at radius 2 is 1.62 bits per heavy atom. The van der Waals surface area contributed by atoms with Crippen molar-refractivity contribution in [1.29, 1.82) is 0 Å². The Kier molecular flexibility index (Phi) is 7.41. The molecule has 0 bridgehead atoms. The summed E-state index contributed by atoms with van der Waals surface area (Å²) >= 11 is 0. The van der Waals surface area contributed by atoms with Gasteiger partial charge < -0.3 is 20.0 Å². The lowest BCUT2D eigenvalue weighted by Gasteiger charge is -2.14. The second-order valence-electron chi connectivity index (χ2n) is 7.48. The highest BCUT2D eigenvalue weighted by molar-refractivity contribution is 7.14. The van der Waals surface area contributed by atoms with Crippen LogP contribution in [0.1, 0.15) is 27.2 Å². The third-order valence-corrected chi connectivity index (χ3v) is 4.97. The number of halogens is 3. The third kappa shape index (κ3) is 6.23. The van der Waals surface area contributed by atoms with E-state index in [4.69, 9.17) is 4.74 Å². The predicted molar refractivity (Wildman–Crippen MR) is 126 cm³/mol. The van der Waals surface area contributed by atoms with Crippen molar-refractivity contribution >= 4 is 32.7 Å². The van der Waals surface area contributed by atoms with E-state index in [1.807, 2.05) is 0 Å². The lowest BCUT2D eigenvalue weighted by molar-refractivity contribution is -0.138. The normalized spacial score (nSPS) is 11.0. The topological polar surface area (TPSA) is 83.6 Å². The number of ether oxygens (including phenoxy) is 1. The summed E-state index contributed by atoms with van der Waals surface area (Å²) in [7, 11) is 3.85. The van der Waals surface area contributed by atoms with Crippen molar-refractivity contribution in [1.82, 2.24) is 9.65 Å². The van der Waals surface area contributed by atoms with E-state index in [2.05, 4.69) is 25.0 Å². The molecule has 1 atom stereocenters. The van der Waals surface area contributed by atoms with Crippen molar-refractivity contribution in [2.75, 3.05) is 17.7 Å². The summed E-state index contributed by atoms with van der Waals surface area (Å²) in [5.74, 6) is 0.600. The second kappa shape index (κ2) is 10.1. The van der Waals surface area contributed by atoms with Crippen LogP contribution in [0.4, 0.5) is 29.3 Å². The van der Waals surface area contributed by atoms with Gasteiger partial charge >= 0.3 is 12.2 Å². The summed E-state index contributed by atoms with van der Waals surface area (Å²) in [5, 5.41) is 4.99. The number of urea groups is 1. The monoisotopic (exact) mass is 490 g/mol. The van der Waals surface area contributed by atoms with E-state index in [0.717, 1.165) is 6.07 Å². The van der Waals surface area contributed by atoms with Gasteiger partial charge in [0.2, 0.25) is 0 Å². The molecule has 2 aromatic carbocycles. The minimum Gasteiger partial charge on any atom is -0.457 e. The number of aryl methyl sites for hydroxylation is 2. The SMILES string of the molecule is Cc1cc(NC(=O)Nc2ccc(C)c(C(F)(F)F)c2)ccc1Oc1ccnc(C(=O)N(C)P)c1. The number of aromatic nitrogens is 1. The molecule has 1 unspecified atom stereocenters. The van der Waals surface area contributed by atoms with Crippen molar-refractivity contribution in [3.05, 3.63) is 77.1 Å². The first kappa shape index (κ1) is 25.0. The molecule has 11 heteroatoms. The van der Waals surface area contributed by atoms with Crippen LogP contribution in [-0.4, -0.2) is 28.6 Å². The number of amides is 3. The predicted octanol–water partition coefficient (Wildman–Crippen LogP) is 6.02. The van der Waals surface area contributed by atoms with Crippen molar-refractivity contribution in [3.63, 3.8) is 0 Å². The number of hydrogen-bond donors (Lipinski definition) is 2. The van der Waals surface area contributed by atoms with Crippen LogP contribution in [0.5, 0.6) is 11.5 Å². The van der Waals surface area contributed by atoms with E-state index in [9.17, 15) is 22.8 Å². The molecule has 0 aliphatic carbocycles. The van der Waals surface area contributed by atoms with E-state index in [1.54, 1.807) is 38.2 Å². The van der Waals surface area contributed by atoms with Gasteiger partial charge in [0.1, 0.15) is 17.2 Å². The smallest absolute Gasteiger partial charge is 0.416 e. The maximum Gasteiger partial charge on any atom is 0.416 e. The average Bonchev–Trinajstić information content (AvgIpc) is 2.75. The van der Waals surface area contributed by atoms with Gasteiger partial charge in [0, 0.05) is 30.7 Å². The van der Waals surface area contributed by atoms with Crippen molar-refractivity contribution in [2.45, 2.75) is 20.0 Å². The summed E-state index contributed by atoms with van der Waals surface area (Å²) in [6.07, 6.45) is -3.05. The van der Waals surface area contributed by atoms with Crippen LogP contribution >= 0.6 is 9.39 Å². The van der Waals surface area contributed by atoms with Crippen molar-refractivity contribution in [3.8, 4) is 11.5 Å². The maximum absolute atomic E-state index is 13.1. The Morgan fingerprint density at radius 1 is 0.971 bits per heavy atom. The number of carbonyl (C=O) groups is 2. The van der Waals surface area contributed by atoms with Gasteiger partial charge in [-0.2, -0.15) is 13.2 Å². The Labute approximate surface area is 196 Å². The summed E-state index contributed by atoms with van der Waals surface area (Å²) in [6.45, 7) is 3.11. The highest BCUT2D eigenvalue weighted by Gasteiger charge is 2.32. The molecule has 0 radical (unpaired) electrons. The molecular formula is C23H22F3N4O3P. The van der Waals surface area contributed by atoms with Gasteiger partial charge in [-0.05, 0) is 70.8 Å². The molecular weight excluding hydrogens is 468 g/mol. The van der Waals surface area contributed by atoms with Crippen molar-refractivity contribution < 1.29 is 27.5 Å². The fraction of sp³-hybridized carbons (Fsp3) is 0.174. The van der Waals surface area contributed by atoms with Crippen LogP contribution in [-0.2, 0) is 6.18 Å². The quantitative estimate of drug-likeness (QED) is 0.429. The van der Waals surface area contributed by atoms with Gasteiger partial charge in [-0.15, -0.1) is 0 Å². The number of nitrogens with zero attached hydrogens (tertiary/aromatic N) is 2. The zero-order valence-electron chi connectivity index (χ0n) is 18.5. The fourth-order valence-corrected chi connectivity index (χ4v) is 3.17. The summed E-state index contributed by atoms with van der Waals surface area (Å²) in [4.78, 5) is 28.4. The third-order valence-electron chi connectivity index (χ3n) is 4.73. The van der Waals surface area contributed by atoms with Crippen LogP contribution in [0, 0.1) is 13.8 Å². The van der Waals surface area contributed by atoms with E-state index in [1.165, 1.54) is 36.0 Å². The van der Waals surface area contributed by atoms with Gasteiger partial charge in [0.05, 0.1) is 5.56 Å². The Bertz CT molecular complexity index is 1230. The molecule has 0 spiro atoms. The number of pyridine rings is 1. The van der Waals surface area contributed by atoms with Crippen LogP contribution in [0.25, 0.3) is 0 Å². The van der Waals surface area contributed by atoms with Gasteiger partial charge in [-0.3, -0.25) is 9.78 Å². The molecule has 178 valence electrons. The van der Waals surface area contributed by atoms with Crippen LogP contribution in [0.3, 0.4) is 0 Å². The first-order chi connectivity index (χ1) is 15.9. The molecule has 7 nitrogen and oxygen atoms in total. The van der Waals surface area contributed by atoms with Gasteiger partial charge in [0.25, 0.3) is 5.91 Å². The minimum atomic E-state index is -4.51. The molecule has 2 N–H and O–H groups in total. The molecule has 3 rings (SSSR count). The Balaban J connectivity index is 1.68. The van der Waals surface area contributed by atoms with E-state index < -0.39 is 17.8 Å². The number of carbonyl (C=O) groups excluding carboxylic acids is 2. The molecule has 1 aromatic heterocycles. The molecule has 0 aliphatic heterocycles. The molecule has 0 saturated carbocycles. The molecule has 1 heterocycles. The highest BCUT2D eigenvalue weighted by Crippen LogP contribution is 2.33. The Hall–Kier alpha value is -3.65. The number of rotatable bonds is 5. The van der Waals surface area contributed by atoms with E-state index in [-0.39, 0.29) is 22.9 Å². The number of nitrogens with one attached hydrogen (secondary N) is 2. The van der Waals surface area contributed by atoms with Gasteiger partial charge in [0.15, 0.2) is 0 Å². The highest BCUT2D eigenvalue weighted by atomic mass is 31.0. The largest absolute Gasteiger partial charge is 0.457 e. The standard InChI is InChI=1S/C23H22F3N4O3P/c1-13-4-5-16(11-18(13)23(24,25)26)29-22(32)28-15-6-7-20(14(2)10-15)33-17-8-9-27-19(12-17)21(31)30(3)34/h4-12H,34H2,1-3H3,(H2,28,29,32). The fourth-order valence-electron chi connectivity index (χ4n) is 3.04. The van der Waals surface area contributed by atoms with Crippen LogP contribution in [0.2, 0.25) is 0 Å².